The quantitative estimate of drug-likeness (QED) is 0.741. The molecule has 0 spiro atoms. The van der Waals surface area contributed by atoms with Crippen LogP contribution in [0.2, 0.25) is 0 Å². The zero-order valence-electron chi connectivity index (χ0n) is 11.4. The van der Waals surface area contributed by atoms with Gasteiger partial charge in [0.2, 0.25) is 5.91 Å². The summed E-state index contributed by atoms with van der Waals surface area (Å²) >= 11 is 1.76. The van der Waals surface area contributed by atoms with Crippen LogP contribution in [-0.4, -0.2) is 41.9 Å². The molecular formula is C13H26N2OS. The Morgan fingerprint density at radius 3 is 2.76 bits per heavy atom. The summed E-state index contributed by atoms with van der Waals surface area (Å²) in [6.07, 6.45) is 2.24. The number of rotatable bonds is 6. The number of amides is 1. The summed E-state index contributed by atoms with van der Waals surface area (Å²) in [5.74, 6) is 2.74. The third kappa shape index (κ3) is 4.88. The molecule has 2 N–H and O–H groups in total. The molecule has 17 heavy (non-hydrogen) atoms. The average Bonchev–Trinajstić information content (AvgIpc) is 2.68. The van der Waals surface area contributed by atoms with E-state index in [9.17, 15) is 4.79 Å². The molecule has 1 amide bonds. The van der Waals surface area contributed by atoms with Crippen LogP contribution in [0.1, 0.15) is 33.6 Å². The van der Waals surface area contributed by atoms with Crippen molar-refractivity contribution in [3.63, 3.8) is 0 Å². The molecule has 1 rings (SSSR count). The first kappa shape index (κ1) is 14.8. The second kappa shape index (κ2) is 6.64. The van der Waals surface area contributed by atoms with Crippen molar-refractivity contribution in [2.24, 2.45) is 17.1 Å². The minimum atomic E-state index is 0.151. The molecule has 0 aromatic carbocycles. The van der Waals surface area contributed by atoms with Gasteiger partial charge in [-0.25, -0.2) is 0 Å². The lowest BCUT2D eigenvalue weighted by Gasteiger charge is -2.22. The van der Waals surface area contributed by atoms with Crippen LogP contribution in [0.5, 0.6) is 0 Å². The molecule has 100 valence electrons. The third-order valence-corrected chi connectivity index (χ3v) is 4.44. The highest BCUT2D eigenvalue weighted by atomic mass is 32.2. The van der Waals surface area contributed by atoms with Gasteiger partial charge >= 0.3 is 0 Å². The van der Waals surface area contributed by atoms with Crippen molar-refractivity contribution in [3.05, 3.63) is 0 Å². The average molecular weight is 258 g/mol. The summed E-state index contributed by atoms with van der Waals surface area (Å²) in [6.45, 7) is 9.01. The Labute approximate surface area is 109 Å². The largest absolute Gasteiger partial charge is 0.341 e. The number of carbonyl (C=O) groups excluding carboxylic acids is 1. The van der Waals surface area contributed by atoms with Crippen molar-refractivity contribution in [2.45, 2.75) is 33.6 Å². The molecule has 0 aromatic rings. The fourth-order valence-electron chi connectivity index (χ4n) is 1.97. The molecule has 1 fully saturated rings. The Bertz CT molecular complexity index is 258. The van der Waals surface area contributed by atoms with Crippen LogP contribution in [0.3, 0.4) is 0 Å². The van der Waals surface area contributed by atoms with Gasteiger partial charge in [-0.05, 0) is 36.5 Å². The minimum Gasteiger partial charge on any atom is -0.341 e. The summed E-state index contributed by atoms with van der Waals surface area (Å²) in [6, 6.07) is 0. The van der Waals surface area contributed by atoms with Gasteiger partial charge < -0.3 is 10.6 Å². The predicted molar refractivity (Wildman–Crippen MR) is 75.1 cm³/mol. The first-order valence-corrected chi connectivity index (χ1v) is 7.68. The van der Waals surface area contributed by atoms with E-state index in [0.717, 1.165) is 31.2 Å². The van der Waals surface area contributed by atoms with Gasteiger partial charge in [-0.15, -0.1) is 0 Å². The molecule has 1 atom stereocenters. The molecule has 1 saturated heterocycles. The van der Waals surface area contributed by atoms with Gasteiger partial charge in [0, 0.05) is 13.1 Å². The normalized spacial score (nSPS) is 24.6. The van der Waals surface area contributed by atoms with Gasteiger partial charge in [0.05, 0.1) is 5.75 Å². The fourth-order valence-corrected chi connectivity index (χ4v) is 3.11. The second-order valence-electron chi connectivity index (χ2n) is 5.82. The van der Waals surface area contributed by atoms with Crippen LogP contribution in [0.15, 0.2) is 0 Å². The number of nitrogens with two attached hydrogens (primary N) is 1. The molecule has 1 unspecified atom stereocenters. The Morgan fingerprint density at radius 1 is 1.53 bits per heavy atom. The van der Waals surface area contributed by atoms with Crippen LogP contribution >= 0.6 is 11.8 Å². The third-order valence-electron chi connectivity index (χ3n) is 3.47. The summed E-state index contributed by atoms with van der Waals surface area (Å²) in [4.78, 5) is 13.9. The number of hydrogen-bond donors (Lipinski definition) is 1. The molecule has 3 nitrogen and oxygen atoms in total. The standard InChI is InChI=1S/C13H26N2OS/c1-11(2)4-7-17-8-12(16)15-6-5-13(3,9-14)10-15/h11H,4-10,14H2,1-3H3. The van der Waals surface area contributed by atoms with E-state index in [-0.39, 0.29) is 11.3 Å². The van der Waals surface area contributed by atoms with Crippen LogP contribution in [0, 0.1) is 11.3 Å². The fraction of sp³-hybridized carbons (Fsp3) is 0.923. The number of likely N-dealkylation sites (tertiary alicyclic amines) is 1. The lowest BCUT2D eigenvalue weighted by atomic mass is 9.90. The van der Waals surface area contributed by atoms with Crippen LogP contribution < -0.4 is 5.73 Å². The van der Waals surface area contributed by atoms with Crippen molar-refractivity contribution in [3.8, 4) is 0 Å². The van der Waals surface area contributed by atoms with Crippen molar-refractivity contribution in [2.75, 3.05) is 31.1 Å². The summed E-state index contributed by atoms with van der Waals surface area (Å²) in [5.41, 5.74) is 5.89. The van der Waals surface area contributed by atoms with Crippen LogP contribution in [0.4, 0.5) is 0 Å². The number of nitrogens with zero attached hydrogens (tertiary/aromatic N) is 1. The van der Waals surface area contributed by atoms with E-state index in [1.54, 1.807) is 11.8 Å². The Morgan fingerprint density at radius 2 is 2.24 bits per heavy atom. The molecule has 0 bridgehead atoms. The molecule has 1 heterocycles. The maximum Gasteiger partial charge on any atom is 0.232 e. The zero-order valence-corrected chi connectivity index (χ0v) is 12.2. The maximum atomic E-state index is 12.0. The van der Waals surface area contributed by atoms with E-state index >= 15 is 0 Å². The van der Waals surface area contributed by atoms with Crippen molar-refractivity contribution >= 4 is 17.7 Å². The second-order valence-corrected chi connectivity index (χ2v) is 6.92. The molecule has 1 aliphatic rings. The lowest BCUT2D eigenvalue weighted by molar-refractivity contribution is -0.127. The number of carbonyl (C=O) groups is 1. The Hall–Kier alpha value is -0.220. The first-order chi connectivity index (χ1) is 7.97. The van der Waals surface area contributed by atoms with Gasteiger partial charge in [-0.1, -0.05) is 20.8 Å². The summed E-state index contributed by atoms with van der Waals surface area (Å²) < 4.78 is 0. The van der Waals surface area contributed by atoms with Gasteiger partial charge in [0.15, 0.2) is 0 Å². The number of hydrogen-bond acceptors (Lipinski definition) is 3. The van der Waals surface area contributed by atoms with Gasteiger partial charge in [-0.3, -0.25) is 4.79 Å². The summed E-state index contributed by atoms with van der Waals surface area (Å²) in [5, 5.41) is 0. The topological polar surface area (TPSA) is 46.3 Å². The highest BCUT2D eigenvalue weighted by Crippen LogP contribution is 2.28. The molecule has 0 saturated carbocycles. The van der Waals surface area contributed by atoms with Crippen molar-refractivity contribution < 1.29 is 4.79 Å². The lowest BCUT2D eigenvalue weighted by Crippen LogP contribution is -2.35. The Balaban J connectivity index is 2.21. The molecular weight excluding hydrogens is 232 g/mol. The summed E-state index contributed by atoms with van der Waals surface area (Å²) in [7, 11) is 0. The predicted octanol–water partition coefficient (Wildman–Crippen LogP) is 1.96. The van der Waals surface area contributed by atoms with E-state index in [2.05, 4.69) is 20.8 Å². The van der Waals surface area contributed by atoms with E-state index in [0.29, 0.717) is 12.3 Å². The van der Waals surface area contributed by atoms with Crippen LogP contribution in [-0.2, 0) is 4.79 Å². The SMILES string of the molecule is CC(C)CCSCC(=O)N1CCC(C)(CN)C1. The highest BCUT2D eigenvalue weighted by molar-refractivity contribution is 7.99. The maximum absolute atomic E-state index is 12.0. The van der Waals surface area contributed by atoms with Crippen LogP contribution in [0.25, 0.3) is 0 Å². The highest BCUT2D eigenvalue weighted by Gasteiger charge is 2.34. The van der Waals surface area contributed by atoms with Crippen molar-refractivity contribution in [1.29, 1.82) is 0 Å². The first-order valence-electron chi connectivity index (χ1n) is 6.52. The monoisotopic (exact) mass is 258 g/mol. The smallest absolute Gasteiger partial charge is 0.232 e. The van der Waals surface area contributed by atoms with E-state index in [4.69, 9.17) is 5.73 Å². The number of thioether (sulfide) groups is 1. The molecule has 0 aromatic heterocycles. The zero-order chi connectivity index (χ0) is 12.9. The van der Waals surface area contributed by atoms with Crippen molar-refractivity contribution in [1.82, 2.24) is 4.90 Å². The molecule has 0 radical (unpaired) electrons. The molecule has 1 aliphatic heterocycles. The van der Waals surface area contributed by atoms with E-state index in [1.807, 2.05) is 4.90 Å². The van der Waals surface area contributed by atoms with E-state index in [1.165, 1.54) is 6.42 Å². The Kier molecular flexibility index (Phi) is 5.80. The van der Waals surface area contributed by atoms with Gasteiger partial charge in [0.1, 0.15) is 0 Å². The van der Waals surface area contributed by atoms with Gasteiger partial charge in [-0.2, -0.15) is 11.8 Å². The molecule has 0 aliphatic carbocycles. The molecule has 4 heteroatoms. The van der Waals surface area contributed by atoms with Gasteiger partial charge in [0.25, 0.3) is 0 Å². The van der Waals surface area contributed by atoms with E-state index < -0.39 is 0 Å². The minimum absolute atomic E-state index is 0.151.